The zero-order valence-electron chi connectivity index (χ0n) is 12.0. The Bertz CT molecular complexity index is 597. The second kappa shape index (κ2) is 6.83. The minimum atomic E-state index is 0.348. The molecule has 2 rings (SSSR count). The highest BCUT2D eigenvalue weighted by Gasteiger charge is 2.17. The fraction of sp³-hybridized carbons (Fsp3) is 0.312. The van der Waals surface area contributed by atoms with Crippen molar-refractivity contribution in [2.24, 2.45) is 0 Å². The van der Waals surface area contributed by atoms with Crippen LogP contribution in [0.5, 0.6) is 0 Å². The molecule has 0 aliphatic carbocycles. The Kier molecular flexibility index (Phi) is 5.11. The van der Waals surface area contributed by atoms with Gasteiger partial charge in [-0.05, 0) is 43.7 Å². The molecule has 0 fully saturated rings. The first kappa shape index (κ1) is 15.0. The predicted molar refractivity (Wildman–Crippen MR) is 88.6 cm³/mol. The highest BCUT2D eigenvalue weighted by molar-refractivity contribution is 7.98. The van der Waals surface area contributed by atoms with Gasteiger partial charge in [0.05, 0.1) is 17.8 Å². The lowest BCUT2D eigenvalue weighted by atomic mass is 10.1. The molecule has 0 N–H and O–H groups in total. The normalized spacial score (nSPS) is 10.6. The molecule has 104 valence electrons. The summed E-state index contributed by atoms with van der Waals surface area (Å²) in [4.78, 5) is 4.66. The highest BCUT2D eigenvalue weighted by atomic mass is 32.2. The monoisotopic (exact) mass is 302 g/mol. The lowest BCUT2D eigenvalue weighted by Crippen LogP contribution is -2.30. The largest absolute Gasteiger partial charge is 0.363 e. The van der Waals surface area contributed by atoms with E-state index in [0.717, 1.165) is 22.7 Å². The smallest absolute Gasteiger partial charge is 0.103 e. The van der Waals surface area contributed by atoms with E-state index in [2.05, 4.69) is 42.3 Å². The van der Waals surface area contributed by atoms with Crippen molar-refractivity contribution in [1.29, 1.82) is 5.26 Å². The van der Waals surface area contributed by atoms with Crippen LogP contribution in [0.25, 0.3) is 0 Å². The lowest BCUT2D eigenvalue weighted by molar-refractivity contribution is 0.685. The topological polar surface area (TPSA) is 27.0 Å². The molecule has 0 amide bonds. The zero-order valence-corrected chi connectivity index (χ0v) is 13.6. The van der Waals surface area contributed by atoms with Crippen molar-refractivity contribution >= 4 is 28.8 Å². The number of rotatable bonds is 5. The van der Waals surface area contributed by atoms with E-state index in [9.17, 15) is 5.26 Å². The summed E-state index contributed by atoms with van der Waals surface area (Å²) in [5.74, 6) is 0. The SMILES string of the molecule is CSc1cccc(N(Cc2cccs2)C(C)C)c1C#N. The Morgan fingerprint density at radius 2 is 2.10 bits per heavy atom. The van der Waals surface area contributed by atoms with E-state index in [1.165, 1.54) is 4.88 Å². The van der Waals surface area contributed by atoms with Gasteiger partial charge in [0.1, 0.15) is 6.07 Å². The molecular formula is C16H18N2S2. The Balaban J connectivity index is 2.42. The molecule has 0 bridgehead atoms. The summed E-state index contributed by atoms with van der Waals surface area (Å²) >= 11 is 3.38. The summed E-state index contributed by atoms with van der Waals surface area (Å²) < 4.78 is 0. The molecule has 2 nitrogen and oxygen atoms in total. The van der Waals surface area contributed by atoms with Crippen LogP contribution in [0.2, 0.25) is 0 Å². The van der Waals surface area contributed by atoms with E-state index >= 15 is 0 Å². The third-order valence-electron chi connectivity index (χ3n) is 3.18. The second-order valence-corrected chi connectivity index (χ2v) is 6.65. The summed E-state index contributed by atoms with van der Waals surface area (Å²) in [5, 5.41) is 11.6. The van der Waals surface area contributed by atoms with Gasteiger partial charge in [0.2, 0.25) is 0 Å². The fourth-order valence-corrected chi connectivity index (χ4v) is 3.43. The molecule has 1 aromatic carbocycles. The van der Waals surface area contributed by atoms with Crippen molar-refractivity contribution in [3.05, 3.63) is 46.2 Å². The summed E-state index contributed by atoms with van der Waals surface area (Å²) in [5.41, 5.74) is 1.81. The van der Waals surface area contributed by atoms with Gasteiger partial charge in [0.15, 0.2) is 0 Å². The number of nitrogens with zero attached hydrogens (tertiary/aromatic N) is 2. The van der Waals surface area contributed by atoms with Crippen LogP contribution in [0.1, 0.15) is 24.3 Å². The van der Waals surface area contributed by atoms with Crippen LogP contribution in [-0.2, 0) is 6.54 Å². The van der Waals surface area contributed by atoms with Gasteiger partial charge in [-0.15, -0.1) is 23.1 Å². The first-order valence-electron chi connectivity index (χ1n) is 6.53. The van der Waals surface area contributed by atoms with E-state index in [1.807, 2.05) is 24.5 Å². The van der Waals surface area contributed by atoms with E-state index in [0.29, 0.717) is 6.04 Å². The summed E-state index contributed by atoms with van der Waals surface area (Å²) in [7, 11) is 0. The Morgan fingerprint density at radius 1 is 1.30 bits per heavy atom. The van der Waals surface area contributed by atoms with Crippen molar-refractivity contribution in [3.63, 3.8) is 0 Å². The summed E-state index contributed by atoms with van der Waals surface area (Å²) in [6.07, 6.45) is 2.01. The third-order valence-corrected chi connectivity index (χ3v) is 4.82. The first-order chi connectivity index (χ1) is 9.67. The van der Waals surface area contributed by atoms with E-state index in [1.54, 1.807) is 23.1 Å². The van der Waals surface area contributed by atoms with Crippen LogP contribution in [0, 0.1) is 11.3 Å². The number of thioether (sulfide) groups is 1. The molecule has 4 heteroatoms. The van der Waals surface area contributed by atoms with Crippen molar-refractivity contribution in [2.45, 2.75) is 31.3 Å². The molecule has 20 heavy (non-hydrogen) atoms. The van der Waals surface area contributed by atoms with Crippen molar-refractivity contribution < 1.29 is 0 Å². The molecule has 2 aromatic rings. The van der Waals surface area contributed by atoms with Crippen LogP contribution in [0.3, 0.4) is 0 Å². The molecule has 0 saturated heterocycles. The Morgan fingerprint density at radius 3 is 2.65 bits per heavy atom. The van der Waals surface area contributed by atoms with Gasteiger partial charge in [0, 0.05) is 15.8 Å². The van der Waals surface area contributed by atoms with Gasteiger partial charge < -0.3 is 4.90 Å². The quantitative estimate of drug-likeness (QED) is 0.745. The molecule has 0 aliphatic rings. The Labute approximate surface area is 129 Å². The number of hydrogen-bond donors (Lipinski definition) is 0. The second-order valence-electron chi connectivity index (χ2n) is 4.77. The molecular weight excluding hydrogens is 284 g/mol. The number of thiophene rings is 1. The molecule has 1 aromatic heterocycles. The number of benzene rings is 1. The molecule has 0 spiro atoms. The van der Waals surface area contributed by atoms with Crippen LogP contribution in [0.4, 0.5) is 5.69 Å². The lowest BCUT2D eigenvalue weighted by Gasteiger charge is -2.30. The molecule has 0 aliphatic heterocycles. The molecule has 0 radical (unpaired) electrons. The van der Waals surface area contributed by atoms with Crippen LogP contribution >= 0.6 is 23.1 Å². The van der Waals surface area contributed by atoms with Crippen molar-refractivity contribution in [2.75, 3.05) is 11.2 Å². The standard InChI is InChI=1S/C16H18N2S2/c1-12(2)18(11-13-6-5-9-20-13)15-7-4-8-16(19-3)14(15)10-17/h4-9,12H,11H2,1-3H3. The van der Waals surface area contributed by atoms with Crippen LogP contribution in [-0.4, -0.2) is 12.3 Å². The van der Waals surface area contributed by atoms with Crippen molar-refractivity contribution in [1.82, 2.24) is 0 Å². The maximum absolute atomic E-state index is 9.50. The number of hydrogen-bond acceptors (Lipinski definition) is 4. The van der Waals surface area contributed by atoms with Crippen LogP contribution in [0.15, 0.2) is 40.6 Å². The van der Waals surface area contributed by atoms with Crippen molar-refractivity contribution in [3.8, 4) is 6.07 Å². The third kappa shape index (κ3) is 3.17. The van der Waals surface area contributed by atoms with Gasteiger partial charge in [-0.25, -0.2) is 0 Å². The maximum Gasteiger partial charge on any atom is 0.103 e. The molecule has 0 saturated carbocycles. The molecule has 1 heterocycles. The average molecular weight is 302 g/mol. The van der Waals surface area contributed by atoms with E-state index in [-0.39, 0.29) is 0 Å². The van der Waals surface area contributed by atoms with E-state index < -0.39 is 0 Å². The minimum Gasteiger partial charge on any atom is -0.363 e. The van der Waals surface area contributed by atoms with Gasteiger partial charge in [-0.3, -0.25) is 0 Å². The first-order valence-corrected chi connectivity index (χ1v) is 8.64. The molecule has 0 atom stereocenters. The highest BCUT2D eigenvalue weighted by Crippen LogP contribution is 2.31. The minimum absolute atomic E-state index is 0.348. The average Bonchev–Trinajstić information content (AvgIpc) is 2.96. The predicted octanol–water partition coefficient (Wildman–Crippen LogP) is 4.76. The molecule has 0 unspecified atom stereocenters. The van der Waals surface area contributed by atoms with Gasteiger partial charge in [0.25, 0.3) is 0 Å². The number of anilines is 1. The van der Waals surface area contributed by atoms with Gasteiger partial charge in [-0.2, -0.15) is 5.26 Å². The summed E-state index contributed by atoms with van der Waals surface area (Å²) in [6, 6.07) is 13.0. The maximum atomic E-state index is 9.50. The fourth-order valence-electron chi connectivity index (χ4n) is 2.16. The van der Waals surface area contributed by atoms with Crippen LogP contribution < -0.4 is 4.90 Å². The van der Waals surface area contributed by atoms with Gasteiger partial charge >= 0.3 is 0 Å². The zero-order chi connectivity index (χ0) is 14.5. The van der Waals surface area contributed by atoms with Gasteiger partial charge in [-0.1, -0.05) is 12.1 Å². The Hall–Kier alpha value is -1.44. The summed E-state index contributed by atoms with van der Waals surface area (Å²) in [6.45, 7) is 5.18. The number of nitriles is 1. The van der Waals surface area contributed by atoms with E-state index in [4.69, 9.17) is 0 Å².